The van der Waals surface area contributed by atoms with Gasteiger partial charge in [-0.05, 0) is 29.8 Å². The number of pyridine rings is 1. The van der Waals surface area contributed by atoms with E-state index in [2.05, 4.69) is 65.6 Å². The van der Waals surface area contributed by atoms with Crippen LogP contribution in [-0.2, 0) is 11.3 Å². The minimum atomic E-state index is -0.479. The van der Waals surface area contributed by atoms with E-state index in [1.165, 1.54) is 5.56 Å². The standard InChI is InChI=1S/C23H26FN9O/c24-21-15-26-23(31-22(21)33-7-9-34-10-8-33)32-29-14-19-5-6-20(13-25-19)30-18-3-1-16(2-4-18)17-11-27-28-12-17/h1-6,13,15,17,27-28,30H,7-12,14H2. The first-order valence-electron chi connectivity index (χ1n) is 11.2. The van der Waals surface area contributed by atoms with Gasteiger partial charge >= 0.3 is 0 Å². The van der Waals surface area contributed by atoms with E-state index in [1.54, 1.807) is 6.20 Å². The molecule has 10 nitrogen and oxygen atoms in total. The average molecular weight is 464 g/mol. The van der Waals surface area contributed by atoms with Gasteiger partial charge in [0.1, 0.15) is 6.54 Å². The molecular weight excluding hydrogens is 437 g/mol. The van der Waals surface area contributed by atoms with Crippen molar-refractivity contribution in [2.75, 3.05) is 49.6 Å². The summed E-state index contributed by atoms with van der Waals surface area (Å²) >= 11 is 0. The highest BCUT2D eigenvalue weighted by Crippen LogP contribution is 2.22. The number of hydrogen-bond donors (Lipinski definition) is 3. The maximum Gasteiger partial charge on any atom is 0.270 e. The van der Waals surface area contributed by atoms with Gasteiger partial charge in [0.2, 0.25) is 0 Å². The Morgan fingerprint density at radius 1 is 1.00 bits per heavy atom. The smallest absolute Gasteiger partial charge is 0.270 e. The second-order valence-electron chi connectivity index (χ2n) is 8.08. The quantitative estimate of drug-likeness (QED) is 0.459. The molecule has 176 valence electrons. The highest BCUT2D eigenvalue weighted by atomic mass is 19.1. The van der Waals surface area contributed by atoms with Gasteiger partial charge in [-0.3, -0.25) is 15.8 Å². The Morgan fingerprint density at radius 3 is 2.50 bits per heavy atom. The molecule has 0 saturated carbocycles. The van der Waals surface area contributed by atoms with Gasteiger partial charge in [0.15, 0.2) is 11.6 Å². The summed E-state index contributed by atoms with van der Waals surface area (Å²) in [5.74, 6) is 0.363. The second-order valence-corrected chi connectivity index (χ2v) is 8.08. The molecule has 0 atom stereocenters. The Bertz CT molecular complexity index is 1110. The minimum absolute atomic E-state index is 0.119. The number of halogens is 1. The van der Waals surface area contributed by atoms with Crippen LogP contribution in [0.15, 0.2) is 59.0 Å². The molecule has 34 heavy (non-hydrogen) atoms. The van der Waals surface area contributed by atoms with E-state index in [0.29, 0.717) is 32.2 Å². The van der Waals surface area contributed by atoms with Crippen molar-refractivity contribution in [3.8, 4) is 0 Å². The summed E-state index contributed by atoms with van der Waals surface area (Å²) in [6.45, 7) is 4.39. The first kappa shape index (κ1) is 22.3. The number of nitrogens with zero attached hydrogens (tertiary/aromatic N) is 6. The SMILES string of the molecule is Fc1cnc(N=NCc2ccc(Nc3ccc(C4CNNC4)cc3)cn2)nc1N1CCOCC1. The van der Waals surface area contributed by atoms with E-state index < -0.39 is 5.82 Å². The third-order valence-electron chi connectivity index (χ3n) is 5.73. The molecule has 2 aliphatic heterocycles. The Labute approximate surface area is 196 Å². The predicted octanol–water partition coefficient (Wildman–Crippen LogP) is 3.07. The average Bonchev–Trinajstić information content (AvgIpc) is 3.42. The van der Waals surface area contributed by atoms with E-state index >= 15 is 0 Å². The molecule has 2 fully saturated rings. The van der Waals surface area contributed by atoms with Gasteiger partial charge in [0.05, 0.1) is 37.0 Å². The van der Waals surface area contributed by atoms with Crippen molar-refractivity contribution in [2.24, 2.45) is 10.2 Å². The molecule has 1 aromatic carbocycles. The molecule has 0 spiro atoms. The van der Waals surface area contributed by atoms with Crippen LogP contribution in [0, 0.1) is 5.82 Å². The number of ether oxygens (including phenoxy) is 1. The van der Waals surface area contributed by atoms with E-state index in [-0.39, 0.29) is 18.3 Å². The normalized spacial score (nSPS) is 16.9. The van der Waals surface area contributed by atoms with Crippen molar-refractivity contribution in [2.45, 2.75) is 12.5 Å². The van der Waals surface area contributed by atoms with Gasteiger partial charge in [-0.25, -0.2) is 9.37 Å². The molecule has 3 aromatic rings. The Hall–Kier alpha value is -3.54. The molecule has 0 radical (unpaired) electrons. The monoisotopic (exact) mass is 463 g/mol. The number of rotatable bonds is 7. The van der Waals surface area contributed by atoms with Crippen LogP contribution in [0.4, 0.5) is 27.5 Å². The summed E-state index contributed by atoms with van der Waals surface area (Å²) in [4.78, 5) is 14.4. The molecule has 0 bridgehead atoms. The number of anilines is 3. The molecule has 2 aromatic heterocycles. The van der Waals surface area contributed by atoms with Crippen LogP contribution in [0.2, 0.25) is 0 Å². The van der Waals surface area contributed by atoms with Crippen molar-refractivity contribution in [3.63, 3.8) is 0 Å². The topological polar surface area (TPSA) is 112 Å². The van der Waals surface area contributed by atoms with Crippen LogP contribution in [-0.4, -0.2) is 54.3 Å². The highest BCUT2D eigenvalue weighted by molar-refractivity contribution is 5.59. The number of benzene rings is 1. The molecule has 2 aliphatic rings. The zero-order valence-corrected chi connectivity index (χ0v) is 18.6. The van der Waals surface area contributed by atoms with Gasteiger partial charge in [-0.1, -0.05) is 12.1 Å². The summed E-state index contributed by atoms with van der Waals surface area (Å²) in [6.07, 6.45) is 2.88. The van der Waals surface area contributed by atoms with E-state index in [9.17, 15) is 4.39 Å². The number of hydrazine groups is 1. The molecule has 0 amide bonds. The molecule has 11 heteroatoms. The summed E-state index contributed by atoms with van der Waals surface area (Å²) < 4.78 is 19.4. The third-order valence-corrected chi connectivity index (χ3v) is 5.73. The van der Waals surface area contributed by atoms with Gasteiger partial charge in [-0.15, -0.1) is 5.11 Å². The fraction of sp³-hybridized carbons (Fsp3) is 0.348. The van der Waals surface area contributed by atoms with Gasteiger partial charge < -0.3 is 15.0 Å². The Kier molecular flexibility index (Phi) is 6.94. The van der Waals surface area contributed by atoms with Crippen molar-refractivity contribution in [1.29, 1.82) is 0 Å². The molecular formula is C23H26FN9O. The van der Waals surface area contributed by atoms with Crippen molar-refractivity contribution >= 4 is 23.1 Å². The van der Waals surface area contributed by atoms with Crippen LogP contribution < -0.4 is 21.1 Å². The maximum absolute atomic E-state index is 14.1. The zero-order chi connectivity index (χ0) is 23.2. The van der Waals surface area contributed by atoms with Crippen molar-refractivity contribution in [1.82, 2.24) is 25.8 Å². The number of azo groups is 1. The largest absolute Gasteiger partial charge is 0.378 e. The lowest BCUT2D eigenvalue weighted by Gasteiger charge is -2.27. The lowest BCUT2D eigenvalue weighted by molar-refractivity contribution is 0.122. The molecule has 0 aliphatic carbocycles. The second kappa shape index (κ2) is 10.6. The molecule has 3 N–H and O–H groups in total. The van der Waals surface area contributed by atoms with Crippen molar-refractivity contribution in [3.05, 3.63) is 65.9 Å². The predicted molar refractivity (Wildman–Crippen MR) is 126 cm³/mol. The third kappa shape index (κ3) is 5.50. The molecule has 0 unspecified atom stereocenters. The van der Waals surface area contributed by atoms with Crippen LogP contribution in [0.25, 0.3) is 0 Å². The first-order valence-corrected chi connectivity index (χ1v) is 11.2. The van der Waals surface area contributed by atoms with Crippen LogP contribution in [0.1, 0.15) is 17.2 Å². The summed E-state index contributed by atoms with van der Waals surface area (Å²) in [6, 6.07) is 12.3. The number of nitrogens with one attached hydrogen (secondary N) is 3. The number of morpholine rings is 1. The van der Waals surface area contributed by atoms with Gasteiger partial charge in [0.25, 0.3) is 5.95 Å². The number of hydrogen-bond acceptors (Lipinski definition) is 10. The van der Waals surface area contributed by atoms with Crippen LogP contribution in [0.3, 0.4) is 0 Å². The lowest BCUT2D eigenvalue weighted by Crippen LogP contribution is -2.37. The first-order chi connectivity index (χ1) is 16.7. The maximum atomic E-state index is 14.1. The van der Waals surface area contributed by atoms with Crippen molar-refractivity contribution < 1.29 is 9.13 Å². The number of aromatic nitrogens is 3. The van der Waals surface area contributed by atoms with Gasteiger partial charge in [0, 0.05) is 37.8 Å². The molecule has 5 rings (SSSR count). The van der Waals surface area contributed by atoms with Crippen LogP contribution in [0.5, 0.6) is 0 Å². The summed E-state index contributed by atoms with van der Waals surface area (Å²) in [5.41, 5.74) is 10.3. The molecule has 2 saturated heterocycles. The fourth-order valence-corrected chi connectivity index (χ4v) is 3.86. The summed E-state index contributed by atoms with van der Waals surface area (Å²) in [5, 5.41) is 11.5. The minimum Gasteiger partial charge on any atom is -0.378 e. The zero-order valence-electron chi connectivity index (χ0n) is 18.6. The van der Waals surface area contributed by atoms with Gasteiger partial charge in [-0.2, -0.15) is 10.1 Å². The van der Waals surface area contributed by atoms with E-state index in [4.69, 9.17) is 4.74 Å². The fourth-order valence-electron chi connectivity index (χ4n) is 3.86. The summed E-state index contributed by atoms with van der Waals surface area (Å²) in [7, 11) is 0. The Morgan fingerprint density at radius 2 is 1.76 bits per heavy atom. The highest BCUT2D eigenvalue weighted by Gasteiger charge is 2.18. The molecule has 4 heterocycles. The lowest BCUT2D eigenvalue weighted by atomic mass is 10.0. The van der Waals surface area contributed by atoms with E-state index in [1.807, 2.05) is 17.0 Å². The Balaban J connectivity index is 1.16. The van der Waals surface area contributed by atoms with E-state index in [0.717, 1.165) is 36.4 Å². The van der Waals surface area contributed by atoms with Crippen LogP contribution >= 0.6 is 0 Å².